The van der Waals surface area contributed by atoms with Gasteiger partial charge < -0.3 is 19.5 Å². The van der Waals surface area contributed by atoms with Gasteiger partial charge in [0.15, 0.2) is 16.7 Å². The van der Waals surface area contributed by atoms with Gasteiger partial charge in [-0.3, -0.25) is 9.59 Å². The molecule has 1 fully saturated rings. The van der Waals surface area contributed by atoms with Crippen molar-refractivity contribution < 1.29 is 23.8 Å². The lowest BCUT2D eigenvalue weighted by molar-refractivity contribution is -0.132. The van der Waals surface area contributed by atoms with E-state index in [1.165, 1.54) is 16.8 Å². The Balaban J connectivity index is 1.76. The van der Waals surface area contributed by atoms with Crippen LogP contribution in [0.25, 0.3) is 0 Å². The molecule has 9 nitrogen and oxygen atoms in total. The quantitative estimate of drug-likeness (QED) is 0.578. The van der Waals surface area contributed by atoms with E-state index in [0.29, 0.717) is 41.1 Å². The van der Waals surface area contributed by atoms with Gasteiger partial charge in [-0.15, -0.1) is 0 Å². The number of methoxy groups -OCH3 is 3. The zero-order valence-corrected chi connectivity index (χ0v) is 19.9. The summed E-state index contributed by atoms with van der Waals surface area (Å²) < 4.78 is 15.8. The van der Waals surface area contributed by atoms with Crippen LogP contribution in [0.3, 0.4) is 0 Å². The van der Waals surface area contributed by atoms with Crippen molar-refractivity contribution in [1.29, 1.82) is 0 Å². The molecule has 0 bridgehead atoms. The van der Waals surface area contributed by atoms with Crippen molar-refractivity contribution >= 4 is 34.4 Å². The average molecular weight is 473 g/mol. The fourth-order valence-electron chi connectivity index (χ4n) is 3.23. The van der Waals surface area contributed by atoms with Gasteiger partial charge in [-0.1, -0.05) is 17.8 Å². The van der Waals surface area contributed by atoms with E-state index in [1.807, 2.05) is 18.2 Å². The van der Waals surface area contributed by atoms with Crippen molar-refractivity contribution in [3.05, 3.63) is 48.0 Å². The lowest BCUT2D eigenvalue weighted by atomic mass is 10.1. The van der Waals surface area contributed by atoms with Crippen LogP contribution in [0.15, 0.2) is 47.5 Å². The molecule has 10 heteroatoms. The zero-order chi connectivity index (χ0) is 23.8. The van der Waals surface area contributed by atoms with E-state index in [-0.39, 0.29) is 18.2 Å². The molecule has 1 atom stereocenters. The summed E-state index contributed by atoms with van der Waals surface area (Å²) in [5.41, 5.74) is 4.83. The molecule has 176 valence electrons. The predicted molar refractivity (Wildman–Crippen MR) is 128 cm³/mol. The van der Waals surface area contributed by atoms with Gasteiger partial charge in [0.05, 0.1) is 27.0 Å². The molecule has 33 heavy (non-hydrogen) atoms. The molecule has 2 aromatic rings. The van der Waals surface area contributed by atoms with Crippen LogP contribution in [0.5, 0.6) is 17.2 Å². The van der Waals surface area contributed by atoms with E-state index in [4.69, 9.17) is 14.2 Å². The summed E-state index contributed by atoms with van der Waals surface area (Å²) in [5.74, 6) is 1.59. The Kier molecular flexibility index (Phi) is 8.56. The number of rotatable bonds is 9. The maximum Gasteiger partial charge on any atom is 0.244 e. The summed E-state index contributed by atoms with van der Waals surface area (Å²) in [6.45, 7) is 0.480. The first-order valence-electron chi connectivity index (χ1n) is 10.4. The largest absolute Gasteiger partial charge is 0.497 e. The molecule has 0 saturated carbocycles. The van der Waals surface area contributed by atoms with Crippen LogP contribution in [0.2, 0.25) is 0 Å². The molecular weight excluding hydrogens is 444 g/mol. The van der Waals surface area contributed by atoms with Gasteiger partial charge in [0, 0.05) is 20.0 Å². The third kappa shape index (κ3) is 6.17. The number of amides is 2. The van der Waals surface area contributed by atoms with Crippen molar-refractivity contribution in [2.75, 3.05) is 34.9 Å². The van der Waals surface area contributed by atoms with E-state index in [2.05, 4.69) is 15.7 Å². The van der Waals surface area contributed by atoms with Gasteiger partial charge in [-0.05, 0) is 48.4 Å². The highest BCUT2D eigenvalue weighted by molar-refractivity contribution is 8.15. The van der Waals surface area contributed by atoms with E-state index < -0.39 is 5.25 Å². The summed E-state index contributed by atoms with van der Waals surface area (Å²) in [4.78, 5) is 29.7. The first-order valence-corrected chi connectivity index (χ1v) is 11.2. The van der Waals surface area contributed by atoms with Gasteiger partial charge in [-0.25, -0.2) is 15.4 Å². The van der Waals surface area contributed by atoms with Crippen LogP contribution in [0.1, 0.15) is 12.0 Å². The van der Waals surface area contributed by atoms with Crippen LogP contribution in [-0.2, 0) is 16.0 Å². The van der Waals surface area contributed by atoms with Crippen LogP contribution in [-0.4, -0.2) is 62.2 Å². The second-order valence-corrected chi connectivity index (χ2v) is 8.26. The molecule has 0 radical (unpaired) electrons. The SMILES string of the molecule is CNC(=O)[C@H]1CC(=O)N(NCCc2ccc(OC)c(OC)c2)C(=Nc2ccc(OC)cc2)S1. The minimum atomic E-state index is -0.539. The van der Waals surface area contributed by atoms with Crippen molar-refractivity contribution in [2.45, 2.75) is 18.1 Å². The Hall–Kier alpha value is -3.24. The average Bonchev–Trinajstić information content (AvgIpc) is 2.85. The summed E-state index contributed by atoms with van der Waals surface area (Å²) in [6, 6.07) is 12.9. The first kappa shape index (κ1) is 24.4. The molecule has 1 aliphatic rings. The fourth-order valence-corrected chi connectivity index (χ4v) is 4.37. The molecule has 2 aromatic carbocycles. The highest BCUT2D eigenvalue weighted by Gasteiger charge is 2.35. The first-order chi connectivity index (χ1) is 16.0. The number of nitrogens with one attached hydrogen (secondary N) is 2. The molecule has 1 saturated heterocycles. The second kappa shape index (κ2) is 11.6. The number of nitrogens with zero attached hydrogens (tertiary/aromatic N) is 2. The summed E-state index contributed by atoms with van der Waals surface area (Å²) in [7, 11) is 6.33. The number of thioether (sulfide) groups is 1. The van der Waals surface area contributed by atoms with E-state index in [1.54, 1.807) is 52.6 Å². The number of hydrogen-bond acceptors (Lipinski definition) is 8. The minimum absolute atomic E-state index is 0.0787. The highest BCUT2D eigenvalue weighted by atomic mass is 32.2. The topological polar surface area (TPSA) is 101 Å². The summed E-state index contributed by atoms with van der Waals surface area (Å²) >= 11 is 1.25. The number of carbonyl (C=O) groups excluding carboxylic acids is 2. The monoisotopic (exact) mass is 472 g/mol. The molecular formula is C23H28N4O5S. The van der Waals surface area contributed by atoms with E-state index in [9.17, 15) is 9.59 Å². The van der Waals surface area contributed by atoms with Crippen LogP contribution in [0, 0.1) is 0 Å². The van der Waals surface area contributed by atoms with Crippen molar-refractivity contribution in [1.82, 2.24) is 15.8 Å². The number of hydrogen-bond donors (Lipinski definition) is 2. The lowest BCUT2D eigenvalue weighted by Crippen LogP contribution is -2.52. The van der Waals surface area contributed by atoms with Gasteiger partial charge in [-0.2, -0.15) is 0 Å². The Labute approximate surface area is 197 Å². The van der Waals surface area contributed by atoms with Gasteiger partial charge in [0.2, 0.25) is 11.8 Å². The fraction of sp³-hybridized carbons (Fsp3) is 0.348. The lowest BCUT2D eigenvalue weighted by Gasteiger charge is -2.31. The third-order valence-electron chi connectivity index (χ3n) is 5.02. The molecule has 0 unspecified atom stereocenters. The maximum atomic E-state index is 12.9. The number of aliphatic imine (C=N–C) groups is 1. The van der Waals surface area contributed by atoms with Crippen molar-refractivity contribution in [3.63, 3.8) is 0 Å². The minimum Gasteiger partial charge on any atom is -0.497 e. The Morgan fingerprint density at radius 1 is 1.09 bits per heavy atom. The third-order valence-corrected chi connectivity index (χ3v) is 6.17. The number of carbonyl (C=O) groups is 2. The summed E-state index contributed by atoms with van der Waals surface area (Å²) in [6.07, 6.45) is 0.721. The number of hydrazine groups is 1. The second-order valence-electron chi connectivity index (χ2n) is 7.09. The van der Waals surface area contributed by atoms with Crippen LogP contribution in [0.4, 0.5) is 5.69 Å². The molecule has 0 aromatic heterocycles. The molecule has 0 aliphatic carbocycles. The van der Waals surface area contributed by atoms with Crippen LogP contribution < -0.4 is 25.0 Å². The van der Waals surface area contributed by atoms with Gasteiger partial charge in [0.1, 0.15) is 11.0 Å². The number of amidine groups is 1. The van der Waals surface area contributed by atoms with Gasteiger partial charge in [0.25, 0.3) is 0 Å². The van der Waals surface area contributed by atoms with Crippen molar-refractivity contribution in [3.8, 4) is 17.2 Å². The normalized spacial score (nSPS) is 17.1. The molecule has 0 spiro atoms. The number of ether oxygens (including phenoxy) is 3. The molecule has 2 amide bonds. The molecule has 3 rings (SSSR count). The van der Waals surface area contributed by atoms with E-state index >= 15 is 0 Å². The van der Waals surface area contributed by atoms with Crippen molar-refractivity contribution in [2.24, 2.45) is 4.99 Å². The van der Waals surface area contributed by atoms with Crippen LogP contribution >= 0.6 is 11.8 Å². The van der Waals surface area contributed by atoms with Gasteiger partial charge >= 0.3 is 0 Å². The summed E-state index contributed by atoms with van der Waals surface area (Å²) in [5, 5.41) is 3.91. The predicted octanol–water partition coefficient (Wildman–Crippen LogP) is 2.53. The van der Waals surface area contributed by atoms with E-state index in [0.717, 1.165) is 5.56 Å². The number of benzene rings is 2. The Morgan fingerprint density at radius 2 is 1.82 bits per heavy atom. The molecule has 1 aliphatic heterocycles. The zero-order valence-electron chi connectivity index (χ0n) is 19.1. The Morgan fingerprint density at radius 3 is 2.45 bits per heavy atom. The molecule has 1 heterocycles. The standard InChI is InChI=1S/C23H28N4O5S/c1-24-22(29)20-14-21(28)27(23(33-20)26-16-6-8-17(30-2)9-7-16)25-12-11-15-5-10-18(31-3)19(13-15)32-4/h5-10,13,20,25H,11-12,14H2,1-4H3,(H,24,29)/t20-/m1/s1. The maximum absolute atomic E-state index is 12.9. The molecule has 2 N–H and O–H groups in total. The Bertz CT molecular complexity index is 1010. The highest BCUT2D eigenvalue weighted by Crippen LogP contribution is 2.29. The smallest absolute Gasteiger partial charge is 0.244 e.